The van der Waals surface area contributed by atoms with E-state index in [1.807, 2.05) is 0 Å². The normalized spacial score (nSPS) is 14.8. The summed E-state index contributed by atoms with van der Waals surface area (Å²) >= 11 is 0. The van der Waals surface area contributed by atoms with Crippen molar-refractivity contribution in [3.8, 4) is 5.75 Å². The van der Waals surface area contributed by atoms with Gasteiger partial charge in [0.2, 0.25) is 0 Å². The highest BCUT2D eigenvalue weighted by Gasteiger charge is 2.14. The molecule has 0 fully saturated rings. The highest BCUT2D eigenvalue weighted by atomic mass is 16.7. The molecule has 2 rings (SSSR count). The van der Waals surface area contributed by atoms with Gasteiger partial charge in [-0.2, -0.15) is 5.48 Å². The van der Waals surface area contributed by atoms with Crippen molar-refractivity contribution < 1.29 is 14.7 Å². The number of aliphatic hydroxyl groups is 1. The van der Waals surface area contributed by atoms with Crippen LogP contribution in [-0.4, -0.2) is 11.0 Å². The second-order valence-electron chi connectivity index (χ2n) is 2.60. The van der Waals surface area contributed by atoms with Gasteiger partial charge in [-0.25, -0.2) is 0 Å². The van der Waals surface area contributed by atoms with Crippen LogP contribution in [0.25, 0.3) is 6.08 Å². The van der Waals surface area contributed by atoms with Gasteiger partial charge in [-0.05, 0) is 12.1 Å². The van der Waals surface area contributed by atoms with Gasteiger partial charge in [-0.3, -0.25) is 4.79 Å². The molecule has 1 aliphatic heterocycles. The van der Waals surface area contributed by atoms with E-state index in [0.29, 0.717) is 11.3 Å². The Morgan fingerprint density at radius 3 is 2.92 bits per heavy atom. The van der Waals surface area contributed by atoms with E-state index in [9.17, 15) is 9.90 Å². The summed E-state index contributed by atoms with van der Waals surface area (Å²) in [5.41, 5.74) is 2.76. The molecule has 0 aromatic heterocycles. The molecule has 0 radical (unpaired) electrons. The Morgan fingerprint density at radius 1 is 1.31 bits per heavy atom. The lowest BCUT2D eigenvalue weighted by atomic mass is 10.2. The number of para-hydroxylation sites is 1. The van der Waals surface area contributed by atoms with E-state index >= 15 is 0 Å². The van der Waals surface area contributed by atoms with Crippen molar-refractivity contribution in [2.75, 3.05) is 0 Å². The lowest BCUT2D eigenvalue weighted by Crippen LogP contribution is -2.26. The zero-order chi connectivity index (χ0) is 9.26. The molecule has 0 aliphatic carbocycles. The molecule has 0 saturated carbocycles. The summed E-state index contributed by atoms with van der Waals surface area (Å²) < 4.78 is 0. The molecule has 1 aromatic rings. The zero-order valence-corrected chi connectivity index (χ0v) is 6.65. The van der Waals surface area contributed by atoms with Gasteiger partial charge < -0.3 is 9.94 Å². The number of nitrogens with one attached hydrogen (secondary N) is 1. The molecule has 1 amide bonds. The van der Waals surface area contributed by atoms with E-state index < -0.39 is 5.91 Å². The number of amides is 1. The van der Waals surface area contributed by atoms with E-state index in [1.165, 1.54) is 6.08 Å². The van der Waals surface area contributed by atoms with Crippen LogP contribution in [0.3, 0.4) is 0 Å². The first kappa shape index (κ1) is 7.67. The summed E-state index contributed by atoms with van der Waals surface area (Å²) in [5.74, 6) is -0.485. The minimum atomic E-state index is -0.642. The van der Waals surface area contributed by atoms with Gasteiger partial charge in [-0.15, -0.1) is 0 Å². The van der Waals surface area contributed by atoms with Crippen LogP contribution in [0.1, 0.15) is 5.56 Å². The molecule has 0 bridgehead atoms. The number of carbonyl (C=O) groups is 1. The molecule has 66 valence electrons. The Hall–Kier alpha value is -1.97. The highest BCUT2D eigenvalue weighted by Crippen LogP contribution is 2.21. The van der Waals surface area contributed by atoms with Crippen LogP contribution in [0.2, 0.25) is 0 Å². The molecule has 0 atom stereocenters. The molecule has 1 aliphatic rings. The van der Waals surface area contributed by atoms with Crippen molar-refractivity contribution in [2.45, 2.75) is 0 Å². The Labute approximate surface area is 74.4 Å². The van der Waals surface area contributed by atoms with Gasteiger partial charge in [0.1, 0.15) is 0 Å². The maximum absolute atomic E-state index is 10.9. The fourth-order valence-corrected chi connectivity index (χ4v) is 1.06. The fourth-order valence-electron chi connectivity index (χ4n) is 1.06. The predicted octanol–water partition coefficient (Wildman–Crippen LogP) is 1.01. The average Bonchev–Trinajstić information content (AvgIpc) is 2.28. The molecule has 13 heavy (non-hydrogen) atoms. The molecule has 1 heterocycles. The molecule has 2 N–H and O–H groups in total. The van der Waals surface area contributed by atoms with Gasteiger partial charge >= 0.3 is 5.91 Å². The Balaban J connectivity index is 2.51. The second kappa shape index (κ2) is 2.82. The largest absolute Gasteiger partial charge is 0.503 e. The molecule has 0 spiro atoms. The van der Waals surface area contributed by atoms with Crippen molar-refractivity contribution in [1.82, 2.24) is 5.48 Å². The van der Waals surface area contributed by atoms with E-state index in [1.54, 1.807) is 24.3 Å². The van der Waals surface area contributed by atoms with E-state index in [0.717, 1.165) is 0 Å². The van der Waals surface area contributed by atoms with Gasteiger partial charge in [-0.1, -0.05) is 18.2 Å². The Kier molecular flexibility index (Phi) is 1.66. The quantitative estimate of drug-likeness (QED) is 0.621. The first-order valence-electron chi connectivity index (χ1n) is 3.74. The van der Waals surface area contributed by atoms with Crippen LogP contribution < -0.4 is 10.3 Å². The molecule has 4 nitrogen and oxygen atoms in total. The zero-order valence-electron chi connectivity index (χ0n) is 6.65. The number of carbonyl (C=O) groups excluding carboxylic acids is 1. The molecular formula is C9H7NO3. The van der Waals surface area contributed by atoms with Crippen LogP contribution in [0.4, 0.5) is 0 Å². The third-order valence-corrected chi connectivity index (χ3v) is 1.70. The maximum atomic E-state index is 10.9. The van der Waals surface area contributed by atoms with Crippen LogP contribution in [-0.2, 0) is 4.79 Å². The predicted molar refractivity (Wildman–Crippen MR) is 45.8 cm³/mol. The standard InChI is InChI=1S/C9H7NO3/c11-7-5-6-3-1-2-4-8(6)13-10-9(7)12/h1-5,11H,(H,10,12). The van der Waals surface area contributed by atoms with E-state index in [4.69, 9.17) is 4.84 Å². The average molecular weight is 177 g/mol. The molecule has 4 heteroatoms. The number of hydroxylamine groups is 1. The summed E-state index contributed by atoms with van der Waals surface area (Å²) in [6.07, 6.45) is 1.36. The van der Waals surface area contributed by atoms with Gasteiger partial charge in [0.05, 0.1) is 0 Å². The number of fused-ring (bicyclic) bond motifs is 1. The third-order valence-electron chi connectivity index (χ3n) is 1.70. The van der Waals surface area contributed by atoms with Gasteiger partial charge in [0, 0.05) is 5.56 Å². The monoisotopic (exact) mass is 177 g/mol. The number of rotatable bonds is 0. The second-order valence-corrected chi connectivity index (χ2v) is 2.60. The molecule has 0 unspecified atom stereocenters. The molecular weight excluding hydrogens is 170 g/mol. The van der Waals surface area contributed by atoms with Crippen LogP contribution in [0.15, 0.2) is 30.0 Å². The maximum Gasteiger partial charge on any atom is 0.318 e. The smallest absolute Gasteiger partial charge is 0.318 e. The summed E-state index contributed by atoms with van der Waals surface area (Å²) in [5, 5.41) is 9.17. The SMILES string of the molecule is O=C1NOc2ccccc2C=C1O. The summed E-state index contributed by atoms with van der Waals surface area (Å²) in [4.78, 5) is 15.8. The Bertz CT molecular complexity index is 384. The van der Waals surface area contributed by atoms with Gasteiger partial charge in [0.25, 0.3) is 0 Å². The lowest BCUT2D eigenvalue weighted by Gasteiger charge is -2.03. The van der Waals surface area contributed by atoms with E-state index in [-0.39, 0.29) is 5.76 Å². The minimum Gasteiger partial charge on any atom is -0.503 e. The molecule has 0 saturated heterocycles. The number of aliphatic hydroxyl groups excluding tert-OH is 1. The fraction of sp³-hybridized carbons (Fsp3) is 0. The van der Waals surface area contributed by atoms with Crippen LogP contribution in [0, 0.1) is 0 Å². The van der Waals surface area contributed by atoms with Crippen molar-refractivity contribution >= 4 is 12.0 Å². The lowest BCUT2D eigenvalue weighted by molar-refractivity contribution is -0.126. The van der Waals surface area contributed by atoms with Crippen LogP contribution >= 0.6 is 0 Å². The third kappa shape index (κ3) is 1.33. The summed E-state index contributed by atoms with van der Waals surface area (Å²) in [6.45, 7) is 0. The first-order chi connectivity index (χ1) is 6.27. The number of hydrogen-bond donors (Lipinski definition) is 2. The van der Waals surface area contributed by atoms with Crippen molar-refractivity contribution in [2.24, 2.45) is 0 Å². The number of hydrogen-bond acceptors (Lipinski definition) is 3. The summed E-state index contributed by atoms with van der Waals surface area (Å²) in [6, 6.07) is 7.01. The Morgan fingerprint density at radius 2 is 2.08 bits per heavy atom. The van der Waals surface area contributed by atoms with Crippen LogP contribution in [0.5, 0.6) is 5.75 Å². The van der Waals surface area contributed by atoms with Crippen molar-refractivity contribution in [1.29, 1.82) is 0 Å². The highest BCUT2D eigenvalue weighted by molar-refractivity contribution is 5.95. The topological polar surface area (TPSA) is 58.6 Å². The van der Waals surface area contributed by atoms with E-state index in [2.05, 4.69) is 5.48 Å². The summed E-state index contributed by atoms with van der Waals surface area (Å²) in [7, 11) is 0. The van der Waals surface area contributed by atoms with Crippen molar-refractivity contribution in [3.63, 3.8) is 0 Å². The first-order valence-corrected chi connectivity index (χ1v) is 3.74. The molecule has 1 aromatic carbocycles. The minimum absolute atomic E-state index is 0.357. The van der Waals surface area contributed by atoms with Crippen molar-refractivity contribution in [3.05, 3.63) is 35.6 Å². The number of benzene rings is 1. The van der Waals surface area contributed by atoms with Gasteiger partial charge in [0.15, 0.2) is 11.5 Å².